The maximum absolute atomic E-state index is 12.7. The van der Waals surface area contributed by atoms with Crippen LogP contribution < -0.4 is 16.0 Å². The predicted octanol–water partition coefficient (Wildman–Crippen LogP) is 21.0. The molecule has 0 heterocycles. The molecule has 0 saturated carbocycles. The summed E-state index contributed by atoms with van der Waals surface area (Å²) in [5, 5.41) is 9.12. The van der Waals surface area contributed by atoms with Gasteiger partial charge in [-0.05, 0) is 208 Å². The van der Waals surface area contributed by atoms with E-state index < -0.39 is 0 Å². The molecule has 0 fully saturated rings. The molecule has 2 unspecified atom stereocenters. The third-order valence-electron chi connectivity index (χ3n) is 15.1. The molecule has 2 aromatic rings. The Kier molecular flexibility index (Phi) is 54.7. The van der Waals surface area contributed by atoms with Crippen LogP contribution in [0.15, 0.2) is 60.7 Å². The second kappa shape index (κ2) is 54.8. The standard InChI is InChI=1S/C22H35NO2.C19H31NO.C16H6.C14H30O2.C12H25NO.C12H26O/c1-21(2,3)12-13-23-20(25)18(14-17-10-8-7-9-11-17)15-19(24)16-22(4,5)6;1-18(2,3)12-13-20-17(21)16(19(4,5)6)14-15-10-8-7-9-11-15;1-3-5-7-9-11-13-15-16-14-12-10-8-6-4-2;1-13(2,3)7-9-15-11-12-16-10-8-14(4,5)6;1-11(2,3)7-8-13-10(14)9-12(4,5)6;1-11(2,3)7-9-13-10-8-12(4,5)6/h7-11,18H,12-16H2,1-6H3,(H,23,25);7-11,16H,12-14H2,1-6H3,(H,20,21);1-2H3;7-12H2,1-6H3;7-9H2,1-6H3,(H,13,14);7-10H2,1-6H3. The van der Waals surface area contributed by atoms with Gasteiger partial charge in [-0.25, -0.2) is 0 Å². The van der Waals surface area contributed by atoms with Crippen molar-refractivity contribution in [3.05, 3.63) is 71.8 Å². The van der Waals surface area contributed by atoms with Crippen LogP contribution in [0.25, 0.3) is 0 Å². The second-order valence-corrected chi connectivity index (χ2v) is 39.2. The molecular formula is C95H153N3O7. The summed E-state index contributed by atoms with van der Waals surface area (Å²) in [6, 6.07) is 20.2. The Bertz CT molecular complexity index is 3070. The number of Topliss-reactive ketones (excluding diaryl/α,β-unsaturated/α-hetero) is 1. The molecule has 2 aromatic carbocycles. The van der Waals surface area contributed by atoms with Crippen molar-refractivity contribution < 1.29 is 33.4 Å². The van der Waals surface area contributed by atoms with Crippen LogP contribution in [0, 0.1) is 149 Å². The first-order valence-corrected chi connectivity index (χ1v) is 38.5. The first-order chi connectivity index (χ1) is 48.0. The van der Waals surface area contributed by atoms with Crippen LogP contribution in [-0.4, -0.2) is 82.8 Å². The van der Waals surface area contributed by atoms with Gasteiger partial charge in [-0.15, -0.1) is 0 Å². The Hall–Kier alpha value is -6.68. The summed E-state index contributed by atoms with van der Waals surface area (Å²) < 4.78 is 16.6. The number of ether oxygens (including phenoxy) is 3. The lowest BCUT2D eigenvalue weighted by atomic mass is 9.76. The highest BCUT2D eigenvalue weighted by Crippen LogP contribution is 2.31. The van der Waals surface area contributed by atoms with E-state index in [0.717, 1.165) is 110 Å². The highest BCUT2D eigenvalue weighted by Gasteiger charge is 2.32. The number of hydrogen-bond acceptors (Lipinski definition) is 7. The van der Waals surface area contributed by atoms with Gasteiger partial charge in [-0.3, -0.25) is 19.2 Å². The van der Waals surface area contributed by atoms with E-state index in [2.05, 4.69) is 319 Å². The van der Waals surface area contributed by atoms with Gasteiger partial charge in [-0.2, -0.15) is 0 Å². The summed E-state index contributed by atoms with van der Waals surface area (Å²) in [6.45, 7) is 75.9. The summed E-state index contributed by atoms with van der Waals surface area (Å²) in [4.78, 5) is 49.1. The van der Waals surface area contributed by atoms with Gasteiger partial charge < -0.3 is 30.2 Å². The van der Waals surface area contributed by atoms with Crippen molar-refractivity contribution in [3.63, 3.8) is 0 Å². The summed E-state index contributed by atoms with van der Waals surface area (Å²) in [7, 11) is 0. The van der Waals surface area contributed by atoms with Crippen LogP contribution in [0.3, 0.4) is 0 Å². The van der Waals surface area contributed by atoms with Crippen molar-refractivity contribution in [2.24, 2.45) is 66.0 Å². The molecule has 0 aliphatic heterocycles. The van der Waals surface area contributed by atoms with Gasteiger partial charge in [0, 0.05) is 77.2 Å². The van der Waals surface area contributed by atoms with Crippen molar-refractivity contribution in [1.82, 2.24) is 16.0 Å². The van der Waals surface area contributed by atoms with Crippen molar-refractivity contribution >= 4 is 23.5 Å². The number of carbonyl (C=O) groups excluding carboxylic acids is 4. The topological polar surface area (TPSA) is 132 Å². The Balaban J connectivity index is -0.000000592. The predicted molar refractivity (Wildman–Crippen MR) is 450 cm³/mol. The van der Waals surface area contributed by atoms with Gasteiger partial charge in [0.1, 0.15) is 5.78 Å². The van der Waals surface area contributed by atoms with E-state index in [-0.39, 0.29) is 62.4 Å². The van der Waals surface area contributed by atoms with Gasteiger partial charge in [-0.1, -0.05) is 280 Å². The number of carbonyl (C=O) groups is 4. The average Bonchev–Trinajstić information content (AvgIpc) is 0.851. The van der Waals surface area contributed by atoms with Crippen molar-refractivity contribution in [2.45, 2.75) is 299 Å². The monoisotopic (exact) mass is 1450 g/mol. The van der Waals surface area contributed by atoms with Crippen LogP contribution >= 0.6 is 0 Å². The highest BCUT2D eigenvalue weighted by molar-refractivity contribution is 5.87. The lowest BCUT2D eigenvalue weighted by Crippen LogP contribution is -2.40. The first kappa shape index (κ1) is 105. The number of ketones is 1. The van der Waals surface area contributed by atoms with Crippen LogP contribution in [0.2, 0.25) is 0 Å². The van der Waals surface area contributed by atoms with Gasteiger partial charge in [0.15, 0.2) is 0 Å². The zero-order valence-corrected chi connectivity index (χ0v) is 73.1. The molecular weight excluding hydrogens is 1300 g/mol. The summed E-state index contributed by atoms with van der Waals surface area (Å²) in [5.41, 5.74) is 4.61. The van der Waals surface area contributed by atoms with E-state index in [9.17, 15) is 19.2 Å². The zero-order valence-electron chi connectivity index (χ0n) is 73.1. The Morgan fingerprint density at radius 1 is 0.324 bits per heavy atom. The van der Waals surface area contributed by atoms with E-state index in [1.807, 2.05) is 48.5 Å². The van der Waals surface area contributed by atoms with Gasteiger partial charge in [0.2, 0.25) is 17.7 Å². The maximum atomic E-state index is 12.7. The minimum absolute atomic E-state index is 0.000122. The van der Waals surface area contributed by atoms with Crippen LogP contribution in [0.4, 0.5) is 0 Å². The molecule has 0 spiro atoms. The number of amides is 3. The summed E-state index contributed by atoms with van der Waals surface area (Å²) >= 11 is 0. The highest BCUT2D eigenvalue weighted by atomic mass is 16.5. The van der Waals surface area contributed by atoms with Crippen LogP contribution in [0.5, 0.6) is 0 Å². The minimum atomic E-state index is -0.294. The lowest BCUT2D eigenvalue weighted by molar-refractivity contribution is -0.130. The number of rotatable bonds is 27. The average molecular weight is 1450 g/mol. The number of nitrogens with one attached hydrogen (secondary N) is 3. The second-order valence-electron chi connectivity index (χ2n) is 39.2. The molecule has 0 radical (unpaired) electrons. The van der Waals surface area contributed by atoms with E-state index in [1.165, 1.54) is 5.56 Å². The molecule has 3 amide bonds. The van der Waals surface area contributed by atoms with E-state index >= 15 is 0 Å². The van der Waals surface area contributed by atoms with Crippen LogP contribution in [0.1, 0.15) is 297 Å². The molecule has 2 rings (SSSR count). The molecule has 0 bridgehead atoms. The molecule has 105 heavy (non-hydrogen) atoms. The van der Waals surface area contributed by atoms with Gasteiger partial charge in [0.25, 0.3) is 0 Å². The zero-order chi connectivity index (χ0) is 81.7. The fourth-order valence-electron chi connectivity index (χ4n) is 8.62. The quantitative estimate of drug-likeness (QED) is 0.0599. The molecule has 10 nitrogen and oxygen atoms in total. The van der Waals surface area contributed by atoms with Crippen molar-refractivity contribution in [3.8, 4) is 82.9 Å². The molecule has 2 atom stereocenters. The largest absolute Gasteiger partial charge is 0.381 e. The molecule has 0 saturated heterocycles. The fourth-order valence-corrected chi connectivity index (χ4v) is 8.62. The summed E-state index contributed by atoms with van der Waals surface area (Å²) in [5.74, 6) is 35.8. The Labute approximate surface area is 647 Å². The summed E-state index contributed by atoms with van der Waals surface area (Å²) in [6.07, 6.45) is 10.3. The number of benzene rings is 2. The Morgan fingerprint density at radius 2 is 0.600 bits per heavy atom. The van der Waals surface area contributed by atoms with E-state index in [4.69, 9.17) is 14.2 Å². The third-order valence-corrected chi connectivity index (χ3v) is 15.1. The SMILES string of the molecule is CC#CC#CC#CC#CC#CC#CC#CC.CC(C)(C)CCNC(=O)C(CC(=O)CC(C)(C)C)Cc1ccccc1.CC(C)(C)CCNC(=O)C(Cc1ccccc1)C(C)(C)C.CC(C)(C)CCNC(=O)CC(C)(C)C.CC(C)(C)CCOCCC(C)(C)C.CC(C)(C)CCOCCOCCC(C)(C)C. The molecule has 0 aromatic heterocycles. The third kappa shape index (κ3) is 84.5. The van der Waals surface area contributed by atoms with Gasteiger partial charge in [0.05, 0.1) is 13.2 Å². The van der Waals surface area contributed by atoms with Crippen molar-refractivity contribution in [1.29, 1.82) is 0 Å². The molecule has 590 valence electrons. The lowest BCUT2D eigenvalue weighted by Gasteiger charge is -2.30. The van der Waals surface area contributed by atoms with E-state index in [0.29, 0.717) is 59.3 Å². The molecule has 0 aliphatic carbocycles. The normalized spacial score (nSPS) is 11.9. The molecule has 3 N–H and O–H groups in total. The first-order valence-electron chi connectivity index (χ1n) is 38.5. The van der Waals surface area contributed by atoms with Gasteiger partial charge >= 0.3 is 0 Å². The van der Waals surface area contributed by atoms with E-state index in [1.54, 1.807) is 13.8 Å². The molecule has 0 aliphatic rings. The smallest absolute Gasteiger partial charge is 0.223 e. The van der Waals surface area contributed by atoms with Crippen molar-refractivity contribution in [2.75, 3.05) is 59.3 Å². The Morgan fingerprint density at radius 3 is 0.886 bits per heavy atom. The molecule has 10 heteroatoms. The fraction of sp³-hybridized carbons (Fsp3) is 0.684. The minimum Gasteiger partial charge on any atom is -0.381 e. The van der Waals surface area contributed by atoms with Crippen LogP contribution in [-0.2, 0) is 46.2 Å². The number of hydrogen-bond donors (Lipinski definition) is 3. The maximum Gasteiger partial charge on any atom is 0.223 e.